The van der Waals surface area contributed by atoms with Gasteiger partial charge in [0.1, 0.15) is 0 Å². The number of anilines is 1. The number of nitro groups is 1. The minimum Gasteiger partial charge on any atom is -0.325 e. The Morgan fingerprint density at radius 1 is 1.29 bits per heavy atom. The highest BCUT2D eigenvalue weighted by Crippen LogP contribution is 2.28. The van der Waals surface area contributed by atoms with Crippen molar-refractivity contribution in [1.29, 1.82) is 0 Å². The number of aryl methyl sites for hydroxylation is 1. The number of nitrogens with one attached hydrogen (secondary N) is 1. The normalized spacial score (nSPS) is 10.7. The maximum Gasteiger partial charge on any atom is 0.274 e. The zero-order valence-electron chi connectivity index (χ0n) is 15.0. The van der Waals surface area contributed by atoms with E-state index >= 15 is 0 Å². The number of benzene rings is 2. The van der Waals surface area contributed by atoms with E-state index in [1.165, 1.54) is 17.8 Å². The molecular weight excluding hydrogens is 402 g/mol. The van der Waals surface area contributed by atoms with Gasteiger partial charge in [0.15, 0.2) is 11.0 Å². The van der Waals surface area contributed by atoms with Gasteiger partial charge in [-0.3, -0.25) is 14.9 Å². The van der Waals surface area contributed by atoms with Crippen molar-refractivity contribution in [3.05, 3.63) is 63.2 Å². The smallest absolute Gasteiger partial charge is 0.274 e. The minimum absolute atomic E-state index is 0.0388. The Morgan fingerprint density at radius 3 is 2.75 bits per heavy atom. The van der Waals surface area contributed by atoms with Crippen LogP contribution in [0.2, 0.25) is 5.02 Å². The summed E-state index contributed by atoms with van der Waals surface area (Å²) < 4.78 is 1.76. The van der Waals surface area contributed by atoms with Gasteiger partial charge in [-0.25, -0.2) is 0 Å². The first-order chi connectivity index (χ1) is 13.4. The number of hydrogen-bond donors (Lipinski definition) is 1. The van der Waals surface area contributed by atoms with Gasteiger partial charge < -0.3 is 9.88 Å². The number of rotatable bonds is 6. The first kappa shape index (κ1) is 19.8. The number of carbonyl (C=O) groups is 1. The van der Waals surface area contributed by atoms with E-state index < -0.39 is 4.92 Å². The highest BCUT2D eigenvalue weighted by molar-refractivity contribution is 7.99. The van der Waals surface area contributed by atoms with Crippen molar-refractivity contribution in [2.45, 2.75) is 12.1 Å². The fourth-order valence-corrected chi connectivity index (χ4v) is 3.46. The second-order valence-electron chi connectivity index (χ2n) is 5.94. The lowest BCUT2D eigenvalue weighted by Crippen LogP contribution is -2.14. The molecule has 10 heteroatoms. The third-order valence-electron chi connectivity index (χ3n) is 3.97. The molecule has 144 valence electrons. The summed E-state index contributed by atoms with van der Waals surface area (Å²) >= 11 is 7.41. The number of aromatic nitrogens is 3. The summed E-state index contributed by atoms with van der Waals surface area (Å²) in [6, 6.07) is 11.9. The molecule has 0 aliphatic carbocycles. The Kier molecular flexibility index (Phi) is 5.96. The monoisotopic (exact) mass is 417 g/mol. The van der Waals surface area contributed by atoms with Crippen LogP contribution in [-0.2, 0) is 11.8 Å². The molecule has 1 amide bonds. The van der Waals surface area contributed by atoms with Crippen LogP contribution in [0, 0.1) is 17.0 Å². The molecule has 28 heavy (non-hydrogen) atoms. The van der Waals surface area contributed by atoms with Crippen molar-refractivity contribution in [2.75, 3.05) is 11.1 Å². The SMILES string of the molecule is Cc1ccc(NC(=O)CSc2nnc(-c3ccccc3Cl)n2C)cc1[N+](=O)[O-]. The Balaban J connectivity index is 1.67. The fraction of sp³-hybridized carbons (Fsp3) is 0.167. The number of thioether (sulfide) groups is 1. The van der Waals surface area contributed by atoms with Gasteiger partial charge in [0.25, 0.3) is 5.69 Å². The lowest BCUT2D eigenvalue weighted by molar-refractivity contribution is -0.385. The second kappa shape index (κ2) is 8.41. The maximum atomic E-state index is 12.2. The van der Waals surface area contributed by atoms with Crippen molar-refractivity contribution in [3.8, 4) is 11.4 Å². The summed E-state index contributed by atoms with van der Waals surface area (Å²) in [5, 5.41) is 23.0. The Bertz CT molecular complexity index is 1050. The predicted molar refractivity (Wildman–Crippen MR) is 109 cm³/mol. The van der Waals surface area contributed by atoms with Gasteiger partial charge in [0, 0.05) is 29.9 Å². The highest BCUT2D eigenvalue weighted by atomic mass is 35.5. The molecule has 0 saturated carbocycles. The average molecular weight is 418 g/mol. The van der Waals surface area contributed by atoms with Crippen LogP contribution in [0.5, 0.6) is 0 Å². The van der Waals surface area contributed by atoms with Crippen molar-refractivity contribution in [1.82, 2.24) is 14.8 Å². The van der Waals surface area contributed by atoms with Crippen LogP contribution >= 0.6 is 23.4 Å². The van der Waals surface area contributed by atoms with Crippen LogP contribution in [0.25, 0.3) is 11.4 Å². The lowest BCUT2D eigenvalue weighted by Gasteiger charge is -2.07. The molecule has 3 aromatic rings. The van der Waals surface area contributed by atoms with Crippen molar-refractivity contribution in [2.24, 2.45) is 7.05 Å². The molecule has 0 spiro atoms. The van der Waals surface area contributed by atoms with Crippen molar-refractivity contribution >= 4 is 40.6 Å². The molecule has 1 aromatic heterocycles. The van der Waals surface area contributed by atoms with Crippen molar-refractivity contribution in [3.63, 3.8) is 0 Å². The number of nitrogens with zero attached hydrogens (tertiary/aromatic N) is 4. The molecule has 3 rings (SSSR count). The molecule has 0 fully saturated rings. The summed E-state index contributed by atoms with van der Waals surface area (Å²) in [5.41, 5.74) is 1.62. The molecule has 0 saturated heterocycles. The third kappa shape index (κ3) is 4.32. The number of carbonyl (C=O) groups excluding carboxylic acids is 1. The lowest BCUT2D eigenvalue weighted by atomic mass is 10.2. The summed E-state index contributed by atoms with van der Waals surface area (Å²) in [7, 11) is 1.79. The summed E-state index contributed by atoms with van der Waals surface area (Å²) in [4.78, 5) is 22.7. The molecule has 0 aliphatic rings. The third-order valence-corrected chi connectivity index (χ3v) is 5.32. The highest BCUT2D eigenvalue weighted by Gasteiger charge is 2.16. The van der Waals surface area contributed by atoms with Crippen LogP contribution in [0.4, 0.5) is 11.4 Å². The van der Waals surface area contributed by atoms with Gasteiger partial charge >= 0.3 is 0 Å². The average Bonchev–Trinajstić information content (AvgIpc) is 3.02. The Morgan fingerprint density at radius 2 is 2.04 bits per heavy atom. The zero-order chi connectivity index (χ0) is 20.3. The zero-order valence-corrected chi connectivity index (χ0v) is 16.6. The molecule has 0 aliphatic heterocycles. The molecule has 2 aromatic carbocycles. The van der Waals surface area contributed by atoms with E-state index in [0.717, 1.165) is 5.56 Å². The standard InChI is InChI=1S/C18H16ClN5O3S/c1-11-7-8-12(9-15(11)24(26)27)20-16(25)10-28-18-22-21-17(23(18)2)13-5-3-4-6-14(13)19/h3-9H,10H2,1-2H3,(H,20,25). The van der Waals surface area contributed by atoms with Gasteiger partial charge in [0.2, 0.25) is 5.91 Å². The number of amides is 1. The van der Waals surface area contributed by atoms with Crippen LogP contribution < -0.4 is 5.32 Å². The van der Waals surface area contributed by atoms with E-state index in [-0.39, 0.29) is 17.3 Å². The number of nitro benzene ring substituents is 1. The summed E-state index contributed by atoms with van der Waals surface area (Å²) in [6.07, 6.45) is 0. The fourth-order valence-electron chi connectivity index (χ4n) is 2.53. The van der Waals surface area contributed by atoms with E-state index in [9.17, 15) is 14.9 Å². The molecular formula is C18H16ClN5O3S. The van der Waals surface area contributed by atoms with Gasteiger partial charge in [-0.1, -0.05) is 41.6 Å². The first-order valence-electron chi connectivity index (χ1n) is 8.19. The van der Waals surface area contributed by atoms with Gasteiger partial charge in [0.05, 0.1) is 15.7 Å². The first-order valence-corrected chi connectivity index (χ1v) is 9.55. The molecule has 0 unspecified atom stereocenters. The van der Waals surface area contributed by atoms with Crippen LogP contribution in [0.15, 0.2) is 47.6 Å². The topological polar surface area (TPSA) is 103 Å². The molecule has 0 bridgehead atoms. The van der Waals surface area contributed by atoms with Crippen molar-refractivity contribution < 1.29 is 9.72 Å². The number of hydrogen-bond acceptors (Lipinski definition) is 6. The quantitative estimate of drug-likeness (QED) is 0.368. The van der Waals surface area contributed by atoms with Gasteiger partial charge in [-0.05, 0) is 25.1 Å². The van der Waals surface area contributed by atoms with Crippen LogP contribution in [0.3, 0.4) is 0 Å². The maximum absolute atomic E-state index is 12.2. The molecule has 0 atom stereocenters. The summed E-state index contributed by atoms with van der Waals surface area (Å²) in [5.74, 6) is 0.379. The molecule has 1 heterocycles. The number of halogens is 1. The summed E-state index contributed by atoms with van der Waals surface area (Å²) in [6.45, 7) is 1.64. The molecule has 8 nitrogen and oxygen atoms in total. The van der Waals surface area contributed by atoms with Crippen LogP contribution in [-0.4, -0.2) is 31.3 Å². The Labute approximate surface area is 170 Å². The molecule has 1 N–H and O–H groups in total. The van der Waals surface area contributed by atoms with E-state index in [1.807, 2.05) is 18.2 Å². The van der Waals surface area contributed by atoms with E-state index in [1.54, 1.807) is 36.7 Å². The van der Waals surface area contributed by atoms with Gasteiger partial charge in [-0.15, -0.1) is 10.2 Å². The second-order valence-corrected chi connectivity index (χ2v) is 7.29. The van der Waals surface area contributed by atoms with E-state index in [0.29, 0.717) is 27.3 Å². The minimum atomic E-state index is -0.477. The van der Waals surface area contributed by atoms with Gasteiger partial charge in [-0.2, -0.15) is 0 Å². The largest absolute Gasteiger partial charge is 0.325 e. The van der Waals surface area contributed by atoms with E-state index in [2.05, 4.69) is 15.5 Å². The predicted octanol–water partition coefficient (Wildman–Crippen LogP) is 4.08. The molecule has 0 radical (unpaired) electrons. The van der Waals surface area contributed by atoms with Crippen LogP contribution in [0.1, 0.15) is 5.56 Å². The Hall–Kier alpha value is -2.91. The van der Waals surface area contributed by atoms with E-state index in [4.69, 9.17) is 11.6 Å².